The third kappa shape index (κ3) is 1.51. The van der Waals surface area contributed by atoms with Crippen LogP contribution in [0.3, 0.4) is 0 Å². The first-order valence-electron chi connectivity index (χ1n) is 3.37. The quantitative estimate of drug-likeness (QED) is 0.751. The van der Waals surface area contributed by atoms with E-state index in [0.29, 0.717) is 0 Å². The number of primary amides is 1. The molecule has 6 heteroatoms. The summed E-state index contributed by atoms with van der Waals surface area (Å²) in [5.74, 6) is -2.23. The number of halogens is 3. The summed E-state index contributed by atoms with van der Waals surface area (Å²) in [5, 5.41) is 0. The van der Waals surface area contributed by atoms with Gasteiger partial charge in [0, 0.05) is 13.2 Å². The molecule has 0 radical (unpaired) electrons. The average molecular weight is 192 g/mol. The van der Waals surface area contributed by atoms with Gasteiger partial charge in [-0.1, -0.05) is 0 Å². The fourth-order valence-corrected chi connectivity index (χ4v) is 1.03. The maximum absolute atomic E-state index is 13.0. The number of rotatable bonds is 2. The van der Waals surface area contributed by atoms with E-state index in [-0.39, 0.29) is 0 Å². The van der Waals surface area contributed by atoms with Crippen molar-refractivity contribution in [2.24, 2.45) is 12.8 Å². The molecule has 0 aromatic carbocycles. The Balaban J connectivity index is 3.35. The molecule has 0 atom stereocenters. The lowest BCUT2D eigenvalue weighted by atomic mass is 10.2. The largest absolute Gasteiger partial charge is 0.365 e. The summed E-state index contributed by atoms with van der Waals surface area (Å²) in [6.07, 6.45) is -2.06. The molecule has 0 fully saturated rings. The van der Waals surface area contributed by atoms with Crippen LogP contribution in [0, 0.1) is 5.95 Å². The highest BCUT2D eigenvalue weighted by Gasteiger charge is 2.24. The minimum Gasteiger partial charge on any atom is -0.365 e. The summed E-state index contributed by atoms with van der Waals surface area (Å²) < 4.78 is 38.1. The molecule has 0 spiro atoms. The fraction of sp³-hybridized carbons (Fsp3) is 0.286. The molecule has 0 aliphatic rings. The molecule has 0 unspecified atom stereocenters. The molecule has 0 bridgehead atoms. The summed E-state index contributed by atoms with van der Waals surface area (Å²) in [5.41, 5.74) is 3.33. The molecular formula is C7H7F3N2O. The van der Waals surface area contributed by atoms with Crippen molar-refractivity contribution in [1.29, 1.82) is 0 Å². The average Bonchev–Trinajstić information content (AvgIpc) is 2.28. The van der Waals surface area contributed by atoms with E-state index in [9.17, 15) is 18.0 Å². The van der Waals surface area contributed by atoms with E-state index >= 15 is 0 Å². The van der Waals surface area contributed by atoms with Gasteiger partial charge in [0.1, 0.15) is 5.56 Å². The molecule has 0 saturated carbocycles. The van der Waals surface area contributed by atoms with Crippen LogP contribution in [0.4, 0.5) is 13.2 Å². The SMILES string of the molecule is Cn1cc(C(F)F)c(C(N)=O)c1F. The lowest BCUT2D eigenvalue weighted by Gasteiger charge is -1.96. The van der Waals surface area contributed by atoms with Crippen LogP contribution >= 0.6 is 0 Å². The van der Waals surface area contributed by atoms with Crippen molar-refractivity contribution in [3.05, 3.63) is 23.3 Å². The van der Waals surface area contributed by atoms with Crippen LogP contribution in [0.2, 0.25) is 0 Å². The van der Waals surface area contributed by atoms with Gasteiger partial charge < -0.3 is 10.3 Å². The van der Waals surface area contributed by atoms with Crippen molar-refractivity contribution in [2.45, 2.75) is 6.43 Å². The van der Waals surface area contributed by atoms with Gasteiger partial charge >= 0.3 is 0 Å². The zero-order valence-electron chi connectivity index (χ0n) is 6.72. The Morgan fingerprint density at radius 3 is 2.46 bits per heavy atom. The van der Waals surface area contributed by atoms with Crippen molar-refractivity contribution < 1.29 is 18.0 Å². The highest BCUT2D eigenvalue weighted by molar-refractivity contribution is 5.94. The highest BCUT2D eigenvalue weighted by Crippen LogP contribution is 2.25. The van der Waals surface area contributed by atoms with E-state index in [1.54, 1.807) is 0 Å². The second-order valence-corrected chi connectivity index (χ2v) is 2.53. The zero-order valence-corrected chi connectivity index (χ0v) is 6.72. The van der Waals surface area contributed by atoms with Gasteiger partial charge in [-0.3, -0.25) is 4.79 Å². The van der Waals surface area contributed by atoms with Crippen LogP contribution in [-0.4, -0.2) is 10.5 Å². The standard InChI is InChI=1S/C7H7F3N2O/c1-12-2-3(5(8)9)4(6(12)10)7(11)13/h2,5H,1H3,(H2,11,13). The van der Waals surface area contributed by atoms with Gasteiger partial charge in [0.25, 0.3) is 12.3 Å². The third-order valence-electron chi connectivity index (χ3n) is 1.62. The minimum atomic E-state index is -2.90. The Labute approximate surface area is 71.9 Å². The van der Waals surface area contributed by atoms with E-state index in [1.165, 1.54) is 7.05 Å². The second kappa shape index (κ2) is 3.12. The van der Waals surface area contributed by atoms with E-state index in [2.05, 4.69) is 0 Å². The molecule has 72 valence electrons. The molecule has 3 nitrogen and oxygen atoms in total. The summed E-state index contributed by atoms with van der Waals surface area (Å²) >= 11 is 0. The Hall–Kier alpha value is -1.46. The predicted molar refractivity (Wildman–Crippen MR) is 38.8 cm³/mol. The Kier molecular flexibility index (Phi) is 2.31. The monoisotopic (exact) mass is 192 g/mol. The topological polar surface area (TPSA) is 48.0 Å². The van der Waals surface area contributed by atoms with E-state index in [0.717, 1.165) is 10.8 Å². The van der Waals surface area contributed by atoms with Gasteiger partial charge in [0.2, 0.25) is 5.95 Å². The summed E-state index contributed by atoms with van der Waals surface area (Å²) in [7, 11) is 1.22. The number of aryl methyl sites for hydroxylation is 1. The Morgan fingerprint density at radius 1 is 1.62 bits per heavy atom. The predicted octanol–water partition coefficient (Wildman–Crippen LogP) is 1.20. The first-order valence-corrected chi connectivity index (χ1v) is 3.37. The van der Waals surface area contributed by atoms with Crippen LogP contribution in [0.5, 0.6) is 0 Å². The normalized spacial score (nSPS) is 10.8. The second-order valence-electron chi connectivity index (χ2n) is 2.53. The van der Waals surface area contributed by atoms with Crippen LogP contribution in [-0.2, 0) is 7.05 Å². The Bertz CT molecular complexity index is 346. The fourth-order valence-electron chi connectivity index (χ4n) is 1.03. The minimum absolute atomic E-state index is 0.674. The molecule has 0 saturated heterocycles. The Morgan fingerprint density at radius 2 is 2.15 bits per heavy atom. The van der Waals surface area contributed by atoms with Crippen molar-refractivity contribution in [3.63, 3.8) is 0 Å². The van der Waals surface area contributed by atoms with Crippen molar-refractivity contribution in [3.8, 4) is 0 Å². The number of hydrogen-bond acceptors (Lipinski definition) is 1. The number of nitrogens with two attached hydrogens (primary N) is 1. The van der Waals surface area contributed by atoms with E-state index in [1.807, 2.05) is 0 Å². The van der Waals surface area contributed by atoms with Crippen LogP contribution < -0.4 is 5.73 Å². The first-order chi connectivity index (χ1) is 5.95. The van der Waals surface area contributed by atoms with Gasteiger partial charge in [0.15, 0.2) is 0 Å². The number of aromatic nitrogens is 1. The number of carbonyl (C=O) groups excluding carboxylic acids is 1. The van der Waals surface area contributed by atoms with Crippen molar-refractivity contribution in [1.82, 2.24) is 4.57 Å². The zero-order chi connectivity index (χ0) is 10.2. The number of nitrogens with zero attached hydrogens (tertiary/aromatic N) is 1. The van der Waals surface area contributed by atoms with Crippen LogP contribution in [0.15, 0.2) is 6.20 Å². The lowest BCUT2D eigenvalue weighted by Crippen LogP contribution is -2.14. The lowest BCUT2D eigenvalue weighted by molar-refractivity contribution is 0.0982. The van der Waals surface area contributed by atoms with E-state index < -0.39 is 29.4 Å². The third-order valence-corrected chi connectivity index (χ3v) is 1.62. The first kappa shape index (κ1) is 9.63. The highest BCUT2D eigenvalue weighted by atomic mass is 19.3. The van der Waals surface area contributed by atoms with Crippen LogP contribution in [0.25, 0.3) is 0 Å². The van der Waals surface area contributed by atoms with Gasteiger partial charge in [-0.05, 0) is 0 Å². The maximum Gasteiger partial charge on any atom is 0.266 e. The van der Waals surface area contributed by atoms with E-state index in [4.69, 9.17) is 5.73 Å². The molecule has 1 heterocycles. The molecule has 0 aliphatic heterocycles. The molecule has 1 aromatic rings. The van der Waals surface area contributed by atoms with Gasteiger partial charge in [0.05, 0.1) is 5.56 Å². The van der Waals surface area contributed by atoms with Crippen molar-refractivity contribution in [2.75, 3.05) is 0 Å². The number of amides is 1. The molecule has 0 aliphatic carbocycles. The summed E-state index contributed by atoms with van der Waals surface area (Å²) in [6, 6.07) is 0. The molecule has 1 amide bonds. The molecule has 13 heavy (non-hydrogen) atoms. The van der Waals surface area contributed by atoms with Crippen LogP contribution in [0.1, 0.15) is 22.3 Å². The summed E-state index contributed by atoms with van der Waals surface area (Å²) in [6.45, 7) is 0. The molecule has 1 rings (SSSR count). The number of carbonyl (C=O) groups is 1. The van der Waals surface area contributed by atoms with Gasteiger partial charge in [-0.2, -0.15) is 4.39 Å². The summed E-state index contributed by atoms with van der Waals surface area (Å²) in [4.78, 5) is 10.6. The molecular weight excluding hydrogens is 185 g/mol. The van der Waals surface area contributed by atoms with Crippen molar-refractivity contribution >= 4 is 5.91 Å². The smallest absolute Gasteiger partial charge is 0.266 e. The van der Waals surface area contributed by atoms with Gasteiger partial charge in [-0.25, -0.2) is 8.78 Å². The van der Waals surface area contributed by atoms with Gasteiger partial charge in [-0.15, -0.1) is 0 Å². The number of alkyl halides is 2. The number of hydrogen-bond donors (Lipinski definition) is 1. The molecule has 2 N–H and O–H groups in total. The maximum atomic E-state index is 13.0. The molecule has 1 aromatic heterocycles.